The van der Waals surface area contributed by atoms with Gasteiger partial charge in [0.15, 0.2) is 23.3 Å². The van der Waals surface area contributed by atoms with Crippen LogP contribution in [0.15, 0.2) is 23.0 Å². The number of ketones is 1. The minimum Gasteiger partial charge on any atom is -0.504 e. The standard InChI is InChI=1S/C22H28O6/c1-19-7-3-4-12(19)13-6-5-11-14-17(20(13,2)9-8-19)28-18-22(14,26)21(25,10-27-18)16(24)15(11)23/h4,13-14,17-18,23,25-26H,3,5-10H2,1-2H3/t13-,14?,17+,18+,19-,20-,21+,22+/m1/s1. The van der Waals surface area contributed by atoms with Crippen molar-refractivity contribution in [2.75, 3.05) is 6.61 Å². The van der Waals surface area contributed by atoms with E-state index >= 15 is 0 Å². The topological polar surface area (TPSA) is 96.2 Å². The van der Waals surface area contributed by atoms with Crippen LogP contribution < -0.4 is 0 Å². The van der Waals surface area contributed by atoms with Gasteiger partial charge in [-0.2, -0.15) is 0 Å². The lowest BCUT2D eigenvalue weighted by atomic mass is 9.53. The number of Topliss-reactive ketones (excluding diaryl/α,β-unsaturated/α-hetero) is 1. The average molecular weight is 388 g/mol. The van der Waals surface area contributed by atoms with Crippen molar-refractivity contribution in [2.45, 2.75) is 76.0 Å². The molecule has 6 nitrogen and oxygen atoms in total. The van der Waals surface area contributed by atoms with Crippen molar-refractivity contribution in [1.29, 1.82) is 0 Å². The third-order valence-electron chi connectivity index (χ3n) is 9.28. The SMILES string of the molecule is C[C@]12CCC=C1[C@H]1CCC3=C(O)C(=O)[C@@]4(O)CO[C@H]5O[C@@H](C3[C@]54O)[C@]1(C)CC2. The summed E-state index contributed by atoms with van der Waals surface area (Å²) in [5.74, 6) is -1.56. The quantitative estimate of drug-likeness (QED) is 0.551. The Morgan fingerprint density at radius 2 is 1.96 bits per heavy atom. The Kier molecular flexibility index (Phi) is 3.09. The van der Waals surface area contributed by atoms with Crippen molar-refractivity contribution >= 4 is 5.78 Å². The average Bonchev–Trinajstić information content (AvgIpc) is 3.24. The Morgan fingerprint density at radius 1 is 1.18 bits per heavy atom. The lowest BCUT2D eigenvalue weighted by molar-refractivity contribution is -0.188. The normalized spacial score (nSPS) is 56.9. The number of hydrogen-bond donors (Lipinski definition) is 3. The summed E-state index contributed by atoms with van der Waals surface area (Å²) in [5.41, 5.74) is -1.97. The third kappa shape index (κ3) is 1.63. The molecule has 152 valence electrons. The molecule has 0 aromatic heterocycles. The first-order valence-corrected chi connectivity index (χ1v) is 10.6. The van der Waals surface area contributed by atoms with Crippen LogP contribution in [0.5, 0.6) is 0 Å². The second-order valence-electron chi connectivity index (χ2n) is 10.4. The van der Waals surface area contributed by atoms with Crippen molar-refractivity contribution < 1.29 is 29.6 Å². The molecule has 0 spiro atoms. The monoisotopic (exact) mass is 388 g/mol. The molecule has 4 fully saturated rings. The van der Waals surface area contributed by atoms with Crippen LogP contribution >= 0.6 is 0 Å². The molecule has 2 saturated carbocycles. The van der Waals surface area contributed by atoms with E-state index in [0.29, 0.717) is 12.0 Å². The largest absolute Gasteiger partial charge is 0.504 e. The first-order chi connectivity index (χ1) is 13.2. The zero-order chi connectivity index (χ0) is 19.7. The lowest BCUT2D eigenvalue weighted by Gasteiger charge is -2.52. The molecule has 0 radical (unpaired) electrons. The third-order valence-corrected chi connectivity index (χ3v) is 9.28. The highest BCUT2D eigenvalue weighted by Crippen LogP contribution is 2.68. The number of fused-ring (bicyclic) bond motifs is 4. The number of rotatable bonds is 0. The second-order valence-corrected chi connectivity index (χ2v) is 10.4. The van der Waals surface area contributed by atoms with E-state index in [4.69, 9.17) is 9.47 Å². The fraction of sp³-hybridized carbons (Fsp3) is 0.773. The van der Waals surface area contributed by atoms with E-state index in [0.717, 1.165) is 25.7 Å². The van der Waals surface area contributed by atoms with Crippen LogP contribution in [0.25, 0.3) is 0 Å². The van der Waals surface area contributed by atoms with Gasteiger partial charge in [-0.3, -0.25) is 4.79 Å². The molecular formula is C22H28O6. The van der Waals surface area contributed by atoms with Crippen molar-refractivity contribution in [2.24, 2.45) is 22.7 Å². The van der Waals surface area contributed by atoms with Gasteiger partial charge in [-0.25, -0.2) is 0 Å². The van der Waals surface area contributed by atoms with E-state index in [-0.39, 0.29) is 29.1 Å². The summed E-state index contributed by atoms with van der Waals surface area (Å²) in [6.45, 7) is 4.22. The van der Waals surface area contributed by atoms with Gasteiger partial charge in [-0.05, 0) is 55.4 Å². The summed E-state index contributed by atoms with van der Waals surface area (Å²) in [5, 5.41) is 33.5. The van der Waals surface area contributed by atoms with Gasteiger partial charge in [0.1, 0.15) is 0 Å². The molecule has 0 amide bonds. The van der Waals surface area contributed by atoms with Gasteiger partial charge in [-0.1, -0.05) is 25.5 Å². The molecule has 0 aromatic carbocycles. The van der Waals surface area contributed by atoms with E-state index in [1.807, 2.05) is 0 Å². The molecule has 0 bridgehead atoms. The molecule has 2 saturated heterocycles. The van der Waals surface area contributed by atoms with Crippen LogP contribution in [0.4, 0.5) is 0 Å². The van der Waals surface area contributed by atoms with Crippen LogP contribution in [0.1, 0.15) is 52.4 Å². The molecule has 28 heavy (non-hydrogen) atoms. The summed E-state index contributed by atoms with van der Waals surface area (Å²) >= 11 is 0. The molecule has 6 aliphatic rings. The van der Waals surface area contributed by atoms with Crippen LogP contribution in [0.2, 0.25) is 0 Å². The summed E-state index contributed by atoms with van der Waals surface area (Å²) in [6, 6.07) is 0. The predicted molar refractivity (Wildman–Crippen MR) is 98.2 cm³/mol. The van der Waals surface area contributed by atoms with Gasteiger partial charge in [0.05, 0.1) is 12.7 Å². The number of carbonyl (C=O) groups excluding carboxylic acids is 1. The highest BCUT2D eigenvalue weighted by Gasteiger charge is 2.79. The van der Waals surface area contributed by atoms with Gasteiger partial charge < -0.3 is 24.8 Å². The minimum absolute atomic E-state index is 0.217. The highest BCUT2D eigenvalue weighted by molar-refractivity contribution is 6.03. The van der Waals surface area contributed by atoms with Crippen LogP contribution in [-0.2, 0) is 14.3 Å². The molecule has 4 aliphatic carbocycles. The molecule has 3 N–H and O–H groups in total. The van der Waals surface area contributed by atoms with Crippen LogP contribution in [-0.4, -0.2) is 51.3 Å². The Labute approximate surface area is 164 Å². The number of carbonyl (C=O) groups is 1. The number of aliphatic hydroxyl groups is 3. The predicted octanol–water partition coefficient (Wildman–Crippen LogP) is 2.15. The zero-order valence-electron chi connectivity index (χ0n) is 16.4. The molecule has 1 unspecified atom stereocenters. The maximum atomic E-state index is 12.8. The van der Waals surface area contributed by atoms with Gasteiger partial charge >= 0.3 is 0 Å². The van der Waals surface area contributed by atoms with Gasteiger partial charge in [0.2, 0.25) is 5.78 Å². The number of ether oxygens (including phenoxy) is 2. The van der Waals surface area contributed by atoms with E-state index in [9.17, 15) is 20.1 Å². The van der Waals surface area contributed by atoms with E-state index in [2.05, 4.69) is 19.9 Å². The zero-order valence-corrected chi connectivity index (χ0v) is 16.4. The molecule has 2 aliphatic heterocycles. The number of hydrogen-bond acceptors (Lipinski definition) is 6. The Morgan fingerprint density at radius 3 is 2.75 bits per heavy atom. The first kappa shape index (κ1) is 17.6. The van der Waals surface area contributed by atoms with Crippen LogP contribution in [0, 0.1) is 22.7 Å². The molecule has 6 heteroatoms. The first-order valence-electron chi connectivity index (χ1n) is 10.6. The van der Waals surface area contributed by atoms with Crippen molar-refractivity contribution in [3.63, 3.8) is 0 Å². The minimum atomic E-state index is -2.14. The van der Waals surface area contributed by atoms with Gasteiger partial charge in [0.25, 0.3) is 0 Å². The fourth-order valence-corrected chi connectivity index (χ4v) is 7.59. The van der Waals surface area contributed by atoms with Gasteiger partial charge in [-0.15, -0.1) is 0 Å². The molecular weight excluding hydrogens is 360 g/mol. The molecule has 2 heterocycles. The van der Waals surface area contributed by atoms with E-state index in [1.54, 1.807) is 0 Å². The van der Waals surface area contributed by atoms with Crippen molar-refractivity contribution in [3.05, 3.63) is 23.0 Å². The fourth-order valence-electron chi connectivity index (χ4n) is 7.59. The lowest BCUT2D eigenvalue weighted by Crippen LogP contribution is -2.67. The van der Waals surface area contributed by atoms with Crippen molar-refractivity contribution in [3.8, 4) is 0 Å². The maximum absolute atomic E-state index is 12.8. The smallest absolute Gasteiger partial charge is 0.234 e. The van der Waals surface area contributed by atoms with Crippen LogP contribution in [0.3, 0.4) is 0 Å². The maximum Gasteiger partial charge on any atom is 0.234 e. The van der Waals surface area contributed by atoms with Crippen molar-refractivity contribution in [1.82, 2.24) is 0 Å². The Bertz CT molecular complexity index is 861. The summed E-state index contributed by atoms with van der Waals surface area (Å²) < 4.78 is 11.9. The Balaban J connectivity index is 1.55. The van der Waals surface area contributed by atoms with E-state index in [1.165, 1.54) is 12.0 Å². The summed E-state index contributed by atoms with van der Waals surface area (Å²) in [6.07, 6.45) is 6.57. The Hall–Kier alpha value is -1.21. The summed E-state index contributed by atoms with van der Waals surface area (Å²) in [7, 11) is 0. The van der Waals surface area contributed by atoms with E-state index < -0.39 is 35.3 Å². The number of allylic oxidation sites excluding steroid dienone is 2. The van der Waals surface area contributed by atoms with Gasteiger partial charge in [0, 0.05) is 11.3 Å². The second kappa shape index (κ2) is 4.91. The molecule has 6 rings (SSSR count). The number of aliphatic hydroxyl groups excluding tert-OH is 1. The highest BCUT2D eigenvalue weighted by atomic mass is 16.7. The molecule has 8 atom stereocenters. The molecule has 0 aromatic rings. The summed E-state index contributed by atoms with van der Waals surface area (Å²) in [4.78, 5) is 12.8.